The summed E-state index contributed by atoms with van der Waals surface area (Å²) in [4.78, 5) is 50.4. The van der Waals surface area contributed by atoms with Gasteiger partial charge < -0.3 is 25.4 Å². The van der Waals surface area contributed by atoms with Crippen molar-refractivity contribution in [3.05, 3.63) is 0 Å². The molecule has 3 N–H and O–H groups in total. The van der Waals surface area contributed by atoms with E-state index in [9.17, 15) is 24.3 Å². The number of nitrogens with one attached hydrogen (secondary N) is 2. The van der Waals surface area contributed by atoms with Crippen molar-refractivity contribution < 1.29 is 29.0 Å². The number of carboxylic acids is 1. The second-order valence-electron chi connectivity index (χ2n) is 9.49. The van der Waals surface area contributed by atoms with Crippen LogP contribution in [0.3, 0.4) is 0 Å². The molecule has 0 saturated heterocycles. The summed E-state index contributed by atoms with van der Waals surface area (Å²) in [6, 6.07) is -1.44. The molecule has 9 nitrogen and oxygen atoms in total. The van der Waals surface area contributed by atoms with E-state index in [0.717, 1.165) is 19.3 Å². The lowest BCUT2D eigenvalue weighted by atomic mass is 9.44. The first kappa shape index (κ1) is 22.9. The van der Waals surface area contributed by atoms with Crippen molar-refractivity contribution in [2.24, 2.45) is 22.7 Å². The lowest BCUT2D eigenvalue weighted by Crippen LogP contribution is -2.61. The van der Waals surface area contributed by atoms with Crippen LogP contribution in [0.15, 0.2) is 0 Å². The largest absolute Gasteiger partial charge is 0.480 e. The fourth-order valence-electron chi connectivity index (χ4n) is 6.01. The molecule has 4 aliphatic rings. The number of nitrogens with zero attached hydrogens (tertiary/aromatic N) is 1. The molecule has 0 aromatic carbocycles. The zero-order valence-electron chi connectivity index (χ0n) is 18.3. The average Bonchev–Trinajstić information content (AvgIpc) is 2.70. The van der Waals surface area contributed by atoms with Crippen LogP contribution in [0.25, 0.3) is 0 Å². The van der Waals surface area contributed by atoms with E-state index in [-0.39, 0.29) is 42.7 Å². The van der Waals surface area contributed by atoms with Gasteiger partial charge in [0, 0.05) is 20.5 Å². The predicted octanol–water partition coefficient (Wildman–Crippen LogP) is 0.980. The lowest BCUT2D eigenvalue weighted by Gasteiger charge is -2.59. The number of carbonyl (C=O) groups is 4. The summed E-state index contributed by atoms with van der Waals surface area (Å²) in [6.07, 6.45) is 4.23. The minimum atomic E-state index is -1.16. The highest BCUT2D eigenvalue weighted by molar-refractivity contribution is 5.89. The summed E-state index contributed by atoms with van der Waals surface area (Å²) in [5.74, 6) is 4.29. The fraction of sp³-hybridized carbons (Fsp3) is 0.727. The SMILES string of the molecule is COC(=O)C12CC3CC(CC(C(=O)NC(CC#CCNC(=O)N(C)C)C(=O)O)(C3)C1)C2. The van der Waals surface area contributed by atoms with Gasteiger partial charge in [0.05, 0.1) is 24.5 Å². The van der Waals surface area contributed by atoms with Crippen LogP contribution in [0.2, 0.25) is 0 Å². The Balaban J connectivity index is 1.65. The van der Waals surface area contributed by atoms with Crippen LogP contribution in [0.5, 0.6) is 0 Å². The maximum absolute atomic E-state index is 13.3. The van der Waals surface area contributed by atoms with Crippen LogP contribution in [-0.4, -0.2) is 67.7 Å². The standard InChI is InChI=1S/C22H31N3O6/c1-25(2)20(30)23-7-5-4-6-16(17(26)27)24-18(28)21-9-14-8-15(10-21)12-22(11-14,13-21)19(29)31-3/h14-16H,6-13H2,1-3H3,(H,23,30)(H,24,28)(H,26,27). The molecule has 4 bridgehead atoms. The molecule has 3 amide bonds. The van der Waals surface area contributed by atoms with Crippen LogP contribution in [0.4, 0.5) is 4.79 Å². The number of carbonyl (C=O) groups excluding carboxylic acids is 3. The first-order valence-corrected chi connectivity index (χ1v) is 10.6. The van der Waals surface area contributed by atoms with E-state index in [4.69, 9.17) is 4.74 Å². The quantitative estimate of drug-likeness (QED) is 0.424. The van der Waals surface area contributed by atoms with E-state index in [1.165, 1.54) is 12.0 Å². The molecule has 4 saturated carbocycles. The number of hydrogen-bond acceptors (Lipinski definition) is 5. The smallest absolute Gasteiger partial charge is 0.327 e. The monoisotopic (exact) mass is 433 g/mol. The van der Waals surface area contributed by atoms with Crippen LogP contribution < -0.4 is 10.6 Å². The fourth-order valence-corrected chi connectivity index (χ4v) is 6.01. The van der Waals surface area contributed by atoms with Crippen molar-refractivity contribution in [2.75, 3.05) is 27.7 Å². The molecule has 170 valence electrons. The van der Waals surface area contributed by atoms with E-state index in [2.05, 4.69) is 22.5 Å². The van der Waals surface area contributed by atoms with Gasteiger partial charge in [-0.1, -0.05) is 11.8 Å². The first-order chi connectivity index (χ1) is 14.6. The minimum absolute atomic E-state index is 0.0655. The number of rotatable bonds is 6. The van der Waals surface area contributed by atoms with Crippen molar-refractivity contribution in [3.63, 3.8) is 0 Å². The summed E-state index contributed by atoms with van der Waals surface area (Å²) in [6.45, 7) is 0.0895. The second-order valence-corrected chi connectivity index (χ2v) is 9.49. The van der Waals surface area contributed by atoms with Crippen molar-refractivity contribution in [2.45, 2.75) is 51.0 Å². The number of methoxy groups -OCH3 is 1. The third-order valence-electron chi connectivity index (χ3n) is 6.93. The van der Waals surface area contributed by atoms with E-state index in [1.807, 2.05) is 0 Å². The first-order valence-electron chi connectivity index (χ1n) is 10.6. The summed E-state index contributed by atoms with van der Waals surface area (Å²) in [7, 11) is 4.59. The highest BCUT2D eigenvalue weighted by Crippen LogP contribution is 2.65. The molecular weight excluding hydrogens is 402 g/mol. The number of aliphatic carboxylic acids is 1. The Morgan fingerprint density at radius 2 is 1.71 bits per heavy atom. The highest BCUT2D eigenvalue weighted by atomic mass is 16.5. The molecule has 0 spiro atoms. The molecule has 31 heavy (non-hydrogen) atoms. The number of ether oxygens (including phenoxy) is 1. The van der Waals surface area contributed by atoms with E-state index in [1.54, 1.807) is 14.1 Å². The normalized spacial score (nSPS) is 31.1. The van der Waals surface area contributed by atoms with Gasteiger partial charge in [0.2, 0.25) is 5.91 Å². The van der Waals surface area contributed by atoms with Crippen LogP contribution in [0, 0.1) is 34.5 Å². The molecule has 4 rings (SSSR count). The zero-order chi connectivity index (χ0) is 22.8. The van der Waals surface area contributed by atoms with E-state index in [0.29, 0.717) is 19.3 Å². The maximum atomic E-state index is 13.3. The van der Waals surface area contributed by atoms with Crippen molar-refractivity contribution in [1.29, 1.82) is 0 Å². The second kappa shape index (κ2) is 8.77. The van der Waals surface area contributed by atoms with Crippen LogP contribution >= 0.6 is 0 Å². The third-order valence-corrected chi connectivity index (χ3v) is 6.93. The van der Waals surface area contributed by atoms with Crippen LogP contribution in [0.1, 0.15) is 44.9 Å². The Morgan fingerprint density at radius 1 is 1.10 bits per heavy atom. The van der Waals surface area contributed by atoms with Gasteiger partial charge in [0.15, 0.2) is 0 Å². The summed E-state index contributed by atoms with van der Waals surface area (Å²) >= 11 is 0. The minimum Gasteiger partial charge on any atom is -0.480 e. The Morgan fingerprint density at radius 3 is 2.26 bits per heavy atom. The molecule has 3 atom stereocenters. The Labute approximate surface area is 182 Å². The summed E-state index contributed by atoms with van der Waals surface area (Å²) in [5, 5.41) is 14.8. The van der Waals surface area contributed by atoms with Gasteiger partial charge in [0.1, 0.15) is 6.04 Å². The van der Waals surface area contributed by atoms with Gasteiger partial charge in [-0.15, -0.1) is 0 Å². The number of hydrogen-bond donors (Lipinski definition) is 3. The van der Waals surface area contributed by atoms with Gasteiger partial charge in [0.25, 0.3) is 0 Å². The Kier molecular flexibility index (Phi) is 6.48. The van der Waals surface area contributed by atoms with E-state index >= 15 is 0 Å². The Bertz CT molecular complexity index is 813. The molecular formula is C22H31N3O6. The highest BCUT2D eigenvalue weighted by Gasteiger charge is 2.63. The number of urea groups is 1. The molecule has 3 unspecified atom stereocenters. The molecule has 0 aromatic rings. The number of carboxylic acid groups (broad SMARTS) is 1. The predicted molar refractivity (Wildman–Crippen MR) is 111 cm³/mol. The van der Waals surface area contributed by atoms with Crippen molar-refractivity contribution in [1.82, 2.24) is 15.5 Å². The number of amides is 3. The summed E-state index contributed by atoms with van der Waals surface area (Å²) in [5.41, 5.74) is -1.35. The van der Waals surface area contributed by atoms with Gasteiger partial charge in [-0.3, -0.25) is 9.59 Å². The van der Waals surface area contributed by atoms with Gasteiger partial charge >= 0.3 is 18.0 Å². The molecule has 4 fully saturated rings. The zero-order valence-corrected chi connectivity index (χ0v) is 18.3. The van der Waals surface area contributed by atoms with Crippen molar-refractivity contribution in [3.8, 4) is 11.8 Å². The van der Waals surface area contributed by atoms with Gasteiger partial charge in [-0.05, 0) is 50.4 Å². The molecule has 9 heteroatoms. The molecule has 0 heterocycles. The maximum Gasteiger partial charge on any atom is 0.327 e. The van der Waals surface area contributed by atoms with Gasteiger partial charge in [-0.25, -0.2) is 9.59 Å². The van der Waals surface area contributed by atoms with Gasteiger partial charge in [-0.2, -0.15) is 0 Å². The average molecular weight is 434 g/mol. The topological polar surface area (TPSA) is 125 Å². The van der Waals surface area contributed by atoms with Crippen LogP contribution in [-0.2, 0) is 19.1 Å². The van der Waals surface area contributed by atoms with E-state index < -0.39 is 22.8 Å². The lowest BCUT2D eigenvalue weighted by molar-refractivity contribution is -0.182. The summed E-state index contributed by atoms with van der Waals surface area (Å²) < 4.78 is 5.07. The molecule has 4 aliphatic carbocycles. The third kappa shape index (κ3) is 4.63. The van der Waals surface area contributed by atoms with Crippen molar-refractivity contribution >= 4 is 23.9 Å². The molecule has 0 aliphatic heterocycles. The number of esters is 1. The molecule has 0 aromatic heterocycles. The Hall–Kier alpha value is -2.76. The molecule has 0 radical (unpaired) electrons.